The summed E-state index contributed by atoms with van der Waals surface area (Å²) in [5, 5.41) is 0.770. The monoisotopic (exact) mass is 512 g/mol. The van der Waals surface area contributed by atoms with Crippen molar-refractivity contribution in [2.75, 3.05) is 0 Å². The Kier molecular flexibility index (Phi) is 5.37. The Morgan fingerprint density at radius 3 is 2.42 bits per heavy atom. The number of hydrogen-bond acceptors (Lipinski definition) is 0. The van der Waals surface area contributed by atoms with Crippen LogP contribution in [0.25, 0.3) is 0 Å². The second-order valence-electron chi connectivity index (χ2n) is 4.49. The molecule has 0 nitrogen and oxygen atoms in total. The summed E-state index contributed by atoms with van der Waals surface area (Å²) < 4.78 is 2.36. The fourth-order valence-electron chi connectivity index (χ4n) is 1.95. The molecule has 0 saturated heterocycles. The zero-order chi connectivity index (χ0) is 14.2. The average Bonchev–Trinajstić information content (AvgIpc) is 2.36. The minimum absolute atomic E-state index is 0.157. The lowest BCUT2D eigenvalue weighted by atomic mass is 9.98. The highest BCUT2D eigenvalue weighted by Crippen LogP contribution is 2.38. The summed E-state index contributed by atoms with van der Waals surface area (Å²) >= 11 is 15.8. The van der Waals surface area contributed by atoms with E-state index in [1.807, 2.05) is 18.2 Å². The summed E-state index contributed by atoms with van der Waals surface area (Å²) in [6, 6.07) is 10.4. The van der Waals surface area contributed by atoms with Crippen LogP contribution < -0.4 is 0 Å². The highest BCUT2D eigenvalue weighted by atomic mass is 127. The molecular weight excluding hydrogens is 502 g/mol. The van der Waals surface area contributed by atoms with Gasteiger partial charge in [-0.1, -0.05) is 49.5 Å². The third-order valence-corrected chi connectivity index (χ3v) is 6.11. The van der Waals surface area contributed by atoms with Gasteiger partial charge in [-0.3, -0.25) is 0 Å². The molecule has 0 N–H and O–H groups in total. The van der Waals surface area contributed by atoms with E-state index in [0.717, 1.165) is 9.50 Å². The molecule has 100 valence electrons. The smallest absolute Gasteiger partial charge is 0.0658 e. The van der Waals surface area contributed by atoms with E-state index >= 15 is 0 Å². The standard InChI is InChI=1S/C15H12Br2ClI/c1-8-6-13(16)9(2)5-11(8)15(17)12-7-10(18)3-4-14(12)19/h3-7,15H,1-2H3. The maximum absolute atomic E-state index is 6.11. The van der Waals surface area contributed by atoms with Gasteiger partial charge in [0.25, 0.3) is 0 Å². The van der Waals surface area contributed by atoms with Crippen molar-refractivity contribution in [2.24, 2.45) is 0 Å². The highest BCUT2D eigenvalue weighted by Gasteiger charge is 2.17. The molecule has 0 spiro atoms. The minimum Gasteiger partial charge on any atom is -0.0843 e. The SMILES string of the molecule is Cc1cc(C(Br)c2cc(Cl)ccc2I)c(C)cc1Br. The van der Waals surface area contributed by atoms with Crippen LogP contribution in [0.5, 0.6) is 0 Å². The first-order chi connectivity index (χ1) is 8.90. The van der Waals surface area contributed by atoms with E-state index in [-0.39, 0.29) is 4.83 Å². The van der Waals surface area contributed by atoms with Crippen LogP contribution in [0.2, 0.25) is 5.02 Å². The van der Waals surface area contributed by atoms with E-state index in [4.69, 9.17) is 11.6 Å². The van der Waals surface area contributed by atoms with Crippen molar-refractivity contribution in [1.29, 1.82) is 0 Å². The summed E-state index contributed by atoms with van der Waals surface area (Å²) in [6.07, 6.45) is 0. The topological polar surface area (TPSA) is 0 Å². The fraction of sp³-hybridized carbons (Fsp3) is 0.200. The number of hydrogen-bond donors (Lipinski definition) is 0. The van der Waals surface area contributed by atoms with Crippen LogP contribution in [0.15, 0.2) is 34.8 Å². The summed E-state index contributed by atoms with van der Waals surface area (Å²) in [6.45, 7) is 4.24. The Bertz CT molecular complexity index is 626. The number of alkyl halides is 1. The Balaban J connectivity index is 2.52. The number of halogens is 4. The average molecular weight is 514 g/mol. The van der Waals surface area contributed by atoms with Gasteiger partial charge in [0.05, 0.1) is 4.83 Å². The predicted molar refractivity (Wildman–Crippen MR) is 98.6 cm³/mol. The van der Waals surface area contributed by atoms with Crippen LogP contribution in [-0.4, -0.2) is 0 Å². The van der Waals surface area contributed by atoms with E-state index in [9.17, 15) is 0 Å². The van der Waals surface area contributed by atoms with E-state index in [1.54, 1.807) is 0 Å². The first kappa shape index (κ1) is 15.8. The van der Waals surface area contributed by atoms with Crippen LogP contribution in [-0.2, 0) is 0 Å². The molecule has 1 unspecified atom stereocenters. The quantitative estimate of drug-likeness (QED) is 0.305. The molecule has 0 saturated carbocycles. The molecule has 0 bridgehead atoms. The first-order valence-corrected chi connectivity index (χ1v) is 8.92. The van der Waals surface area contributed by atoms with Crippen LogP contribution in [0.3, 0.4) is 0 Å². The second-order valence-corrected chi connectivity index (χ2v) is 7.86. The molecule has 4 heteroatoms. The van der Waals surface area contributed by atoms with Crippen molar-refractivity contribution in [3.05, 3.63) is 65.7 Å². The van der Waals surface area contributed by atoms with Gasteiger partial charge in [-0.05, 0) is 83.0 Å². The molecular formula is C15H12Br2ClI. The molecule has 0 aromatic heterocycles. The van der Waals surface area contributed by atoms with Gasteiger partial charge in [0.2, 0.25) is 0 Å². The molecule has 1 atom stereocenters. The maximum atomic E-state index is 6.11. The number of aryl methyl sites for hydroxylation is 2. The van der Waals surface area contributed by atoms with E-state index in [0.29, 0.717) is 0 Å². The van der Waals surface area contributed by atoms with E-state index in [1.165, 1.54) is 25.8 Å². The number of rotatable bonds is 2. The zero-order valence-corrected chi connectivity index (χ0v) is 16.6. The van der Waals surface area contributed by atoms with Gasteiger partial charge in [0, 0.05) is 13.1 Å². The lowest BCUT2D eigenvalue weighted by Crippen LogP contribution is -1.99. The zero-order valence-electron chi connectivity index (χ0n) is 10.5. The van der Waals surface area contributed by atoms with Crippen molar-refractivity contribution >= 4 is 66.1 Å². The largest absolute Gasteiger partial charge is 0.0843 e. The van der Waals surface area contributed by atoms with Crippen LogP contribution in [0.4, 0.5) is 0 Å². The molecule has 19 heavy (non-hydrogen) atoms. The molecule has 0 aliphatic carbocycles. The van der Waals surface area contributed by atoms with Crippen molar-refractivity contribution in [3.8, 4) is 0 Å². The lowest BCUT2D eigenvalue weighted by molar-refractivity contribution is 1.12. The first-order valence-electron chi connectivity index (χ1n) is 5.76. The van der Waals surface area contributed by atoms with E-state index in [2.05, 4.69) is 80.4 Å². The summed E-state index contributed by atoms with van der Waals surface area (Å²) in [4.78, 5) is 0.157. The van der Waals surface area contributed by atoms with Gasteiger partial charge >= 0.3 is 0 Å². The molecule has 0 radical (unpaired) electrons. The minimum atomic E-state index is 0.157. The third-order valence-electron chi connectivity index (χ3n) is 3.05. The Labute approximate surface area is 149 Å². The molecule has 2 aromatic rings. The van der Waals surface area contributed by atoms with Gasteiger partial charge < -0.3 is 0 Å². The molecule has 0 aliphatic rings. The van der Waals surface area contributed by atoms with Crippen molar-refractivity contribution in [2.45, 2.75) is 18.7 Å². The van der Waals surface area contributed by atoms with Crippen LogP contribution >= 0.6 is 66.1 Å². The van der Waals surface area contributed by atoms with Gasteiger partial charge in [0.15, 0.2) is 0 Å². The van der Waals surface area contributed by atoms with Gasteiger partial charge in [-0.15, -0.1) is 0 Å². The van der Waals surface area contributed by atoms with Gasteiger partial charge in [0.1, 0.15) is 0 Å². The summed E-state index contributed by atoms with van der Waals surface area (Å²) in [5.74, 6) is 0. The predicted octanol–water partition coefficient (Wildman–Crippen LogP) is 6.81. The highest BCUT2D eigenvalue weighted by molar-refractivity contribution is 14.1. The van der Waals surface area contributed by atoms with Gasteiger partial charge in [-0.2, -0.15) is 0 Å². The Morgan fingerprint density at radius 1 is 1.05 bits per heavy atom. The molecule has 2 aromatic carbocycles. The molecule has 0 fully saturated rings. The normalized spacial score (nSPS) is 12.5. The summed E-state index contributed by atoms with van der Waals surface area (Å²) in [5.41, 5.74) is 4.98. The Hall–Kier alpha value is 0.420. The van der Waals surface area contributed by atoms with E-state index < -0.39 is 0 Å². The van der Waals surface area contributed by atoms with Crippen molar-refractivity contribution in [3.63, 3.8) is 0 Å². The Morgan fingerprint density at radius 2 is 1.74 bits per heavy atom. The van der Waals surface area contributed by atoms with Crippen molar-refractivity contribution < 1.29 is 0 Å². The number of benzene rings is 2. The molecule has 0 heterocycles. The fourth-order valence-corrected chi connectivity index (χ4v) is 4.54. The summed E-state index contributed by atoms with van der Waals surface area (Å²) in [7, 11) is 0. The maximum Gasteiger partial charge on any atom is 0.0658 e. The van der Waals surface area contributed by atoms with Crippen LogP contribution in [0.1, 0.15) is 27.1 Å². The van der Waals surface area contributed by atoms with Gasteiger partial charge in [-0.25, -0.2) is 0 Å². The third kappa shape index (κ3) is 3.55. The lowest BCUT2D eigenvalue weighted by Gasteiger charge is -2.17. The molecule has 0 aliphatic heterocycles. The molecule has 2 rings (SSSR count). The second kappa shape index (κ2) is 6.46. The van der Waals surface area contributed by atoms with Crippen LogP contribution in [0, 0.1) is 17.4 Å². The van der Waals surface area contributed by atoms with Crippen molar-refractivity contribution in [1.82, 2.24) is 0 Å². The molecule has 0 amide bonds.